The van der Waals surface area contributed by atoms with Crippen molar-refractivity contribution < 1.29 is 18.3 Å². The lowest BCUT2D eigenvalue weighted by atomic mass is 9.93. The predicted octanol–water partition coefficient (Wildman–Crippen LogP) is 3.58. The first kappa shape index (κ1) is 16.7. The maximum Gasteiger partial charge on any atom is 0.257 e. The minimum atomic E-state index is -0.943. The van der Waals surface area contributed by atoms with E-state index in [1.165, 1.54) is 24.1 Å². The van der Waals surface area contributed by atoms with Crippen molar-refractivity contribution in [2.24, 2.45) is 5.92 Å². The number of benzene rings is 2. The number of aromatic nitrogens is 2. The zero-order valence-corrected chi connectivity index (χ0v) is 14.2. The molecule has 3 atom stereocenters. The Bertz CT molecular complexity index is 988. The molecule has 1 aliphatic heterocycles. The lowest BCUT2D eigenvalue weighted by Crippen LogP contribution is -2.32. The molecule has 0 bridgehead atoms. The summed E-state index contributed by atoms with van der Waals surface area (Å²) in [5, 5.41) is 0. The molecular weight excluding hydrogens is 340 g/mol. The third kappa shape index (κ3) is 2.39. The molecule has 2 heterocycles. The van der Waals surface area contributed by atoms with E-state index in [1.807, 2.05) is 0 Å². The molecule has 1 N–H and O–H groups in total. The number of fused-ring (bicyclic) bond motifs is 1. The Hall–Kier alpha value is -2.80. The number of carbonyl (C=O) groups is 1. The molecule has 1 aliphatic rings. The molecule has 0 aliphatic carbocycles. The summed E-state index contributed by atoms with van der Waals surface area (Å²) in [5.41, 5.74) is 2.22. The Balaban J connectivity index is 1.88. The molecule has 134 valence electrons. The number of rotatable bonds is 3. The number of ether oxygens (including phenoxy) is 1. The molecule has 4 rings (SSSR count). The van der Waals surface area contributed by atoms with Crippen molar-refractivity contribution >= 4 is 22.6 Å². The quantitative estimate of drug-likeness (QED) is 0.779. The average molecular weight is 357 g/mol. The summed E-state index contributed by atoms with van der Waals surface area (Å²) < 4.78 is 33.7. The molecule has 3 aromatic rings. The number of methoxy groups -OCH3 is 1. The molecular formula is C19H17F2N3O2. The van der Waals surface area contributed by atoms with Crippen LogP contribution >= 0.6 is 0 Å². The molecule has 1 amide bonds. The van der Waals surface area contributed by atoms with Crippen LogP contribution in [0.15, 0.2) is 42.7 Å². The van der Waals surface area contributed by atoms with E-state index in [2.05, 4.69) is 9.97 Å². The summed E-state index contributed by atoms with van der Waals surface area (Å²) >= 11 is 0. The highest BCUT2D eigenvalue weighted by atomic mass is 19.2. The number of hydrogen-bond acceptors (Lipinski definition) is 3. The van der Waals surface area contributed by atoms with Crippen LogP contribution < -0.4 is 4.90 Å². The van der Waals surface area contributed by atoms with Gasteiger partial charge in [0.2, 0.25) is 0 Å². The van der Waals surface area contributed by atoms with E-state index in [0.717, 1.165) is 17.1 Å². The van der Waals surface area contributed by atoms with Gasteiger partial charge in [0, 0.05) is 24.3 Å². The molecule has 0 saturated carbocycles. The smallest absolute Gasteiger partial charge is 0.257 e. The van der Waals surface area contributed by atoms with Crippen LogP contribution in [0, 0.1) is 17.6 Å². The number of nitrogens with one attached hydrogen (secondary N) is 1. The van der Waals surface area contributed by atoms with Gasteiger partial charge in [-0.1, -0.05) is 19.1 Å². The minimum absolute atomic E-state index is 0.134. The standard InChI is InChI=1S/C19H17F2N3O2/c1-10-17(12-4-3-5-13(20)16(12)21)24(19(25)18(10)26-2)11-6-7-14-15(8-11)23-9-22-14/h3-10,17-18H,1-2H3,(H,22,23). The van der Waals surface area contributed by atoms with Crippen LogP contribution in [-0.2, 0) is 9.53 Å². The number of H-pyrrole nitrogens is 1. The molecule has 1 aromatic heterocycles. The second-order valence-electron chi connectivity index (χ2n) is 6.42. The molecule has 2 aromatic carbocycles. The minimum Gasteiger partial charge on any atom is -0.371 e. The predicted molar refractivity (Wildman–Crippen MR) is 92.6 cm³/mol. The first-order chi connectivity index (χ1) is 12.5. The number of anilines is 1. The second kappa shape index (κ2) is 6.17. The van der Waals surface area contributed by atoms with Crippen molar-refractivity contribution in [3.05, 3.63) is 59.9 Å². The fraction of sp³-hybridized carbons (Fsp3) is 0.263. The van der Waals surface area contributed by atoms with Gasteiger partial charge in [-0.3, -0.25) is 4.79 Å². The highest BCUT2D eigenvalue weighted by molar-refractivity contribution is 6.01. The fourth-order valence-electron chi connectivity index (χ4n) is 3.75. The maximum absolute atomic E-state index is 14.5. The monoisotopic (exact) mass is 357 g/mol. The van der Waals surface area contributed by atoms with Crippen LogP contribution in [0.5, 0.6) is 0 Å². The van der Waals surface area contributed by atoms with E-state index in [0.29, 0.717) is 5.69 Å². The fourth-order valence-corrected chi connectivity index (χ4v) is 3.75. The number of halogens is 2. The molecule has 3 unspecified atom stereocenters. The first-order valence-electron chi connectivity index (χ1n) is 8.26. The Morgan fingerprint density at radius 3 is 2.81 bits per heavy atom. The van der Waals surface area contributed by atoms with Crippen molar-refractivity contribution in [3.63, 3.8) is 0 Å². The number of aromatic amines is 1. The van der Waals surface area contributed by atoms with Crippen LogP contribution in [0.2, 0.25) is 0 Å². The van der Waals surface area contributed by atoms with Crippen molar-refractivity contribution in [2.45, 2.75) is 19.1 Å². The Morgan fingerprint density at radius 1 is 1.23 bits per heavy atom. The number of carbonyl (C=O) groups excluding carboxylic acids is 1. The number of amides is 1. The highest BCUT2D eigenvalue weighted by Gasteiger charge is 2.48. The lowest BCUT2D eigenvalue weighted by molar-refractivity contribution is -0.126. The van der Waals surface area contributed by atoms with Gasteiger partial charge in [0.15, 0.2) is 11.6 Å². The van der Waals surface area contributed by atoms with Crippen molar-refractivity contribution in [1.82, 2.24) is 9.97 Å². The van der Waals surface area contributed by atoms with Gasteiger partial charge in [-0.05, 0) is 24.3 Å². The molecule has 7 heteroatoms. The average Bonchev–Trinajstić information content (AvgIpc) is 3.19. The highest BCUT2D eigenvalue weighted by Crippen LogP contribution is 2.43. The van der Waals surface area contributed by atoms with Gasteiger partial charge in [-0.15, -0.1) is 0 Å². The summed E-state index contributed by atoms with van der Waals surface area (Å²) in [7, 11) is 1.44. The van der Waals surface area contributed by atoms with Crippen LogP contribution in [0.25, 0.3) is 11.0 Å². The topological polar surface area (TPSA) is 58.2 Å². The SMILES string of the molecule is COC1C(=O)N(c2ccc3nc[nH]c3c2)C(c2cccc(F)c2F)C1C. The largest absolute Gasteiger partial charge is 0.371 e. The van der Waals surface area contributed by atoms with E-state index < -0.39 is 23.8 Å². The van der Waals surface area contributed by atoms with Gasteiger partial charge in [0.1, 0.15) is 6.10 Å². The van der Waals surface area contributed by atoms with Gasteiger partial charge >= 0.3 is 0 Å². The normalized spacial score (nSPS) is 23.2. The van der Waals surface area contributed by atoms with Gasteiger partial charge in [-0.2, -0.15) is 0 Å². The van der Waals surface area contributed by atoms with Crippen LogP contribution in [-0.4, -0.2) is 29.1 Å². The maximum atomic E-state index is 14.5. The van der Waals surface area contributed by atoms with Crippen molar-refractivity contribution in [1.29, 1.82) is 0 Å². The third-order valence-electron chi connectivity index (χ3n) is 4.97. The summed E-state index contributed by atoms with van der Waals surface area (Å²) in [4.78, 5) is 21.6. The van der Waals surface area contributed by atoms with Gasteiger partial charge in [0.25, 0.3) is 5.91 Å². The molecule has 1 fully saturated rings. The molecule has 1 saturated heterocycles. The van der Waals surface area contributed by atoms with Gasteiger partial charge in [0.05, 0.1) is 23.4 Å². The molecule has 0 spiro atoms. The first-order valence-corrected chi connectivity index (χ1v) is 8.26. The summed E-state index contributed by atoms with van der Waals surface area (Å²) in [6.45, 7) is 1.80. The summed E-state index contributed by atoms with van der Waals surface area (Å²) in [6, 6.07) is 8.63. The number of imidazole rings is 1. The molecule has 26 heavy (non-hydrogen) atoms. The Kier molecular flexibility index (Phi) is 3.96. The van der Waals surface area contributed by atoms with Gasteiger partial charge in [-0.25, -0.2) is 13.8 Å². The summed E-state index contributed by atoms with van der Waals surface area (Å²) in [5.74, 6) is -2.53. The van der Waals surface area contributed by atoms with E-state index in [4.69, 9.17) is 4.74 Å². The van der Waals surface area contributed by atoms with Crippen molar-refractivity contribution in [2.75, 3.05) is 12.0 Å². The van der Waals surface area contributed by atoms with Crippen LogP contribution in [0.3, 0.4) is 0 Å². The van der Waals surface area contributed by atoms with E-state index in [9.17, 15) is 13.6 Å². The summed E-state index contributed by atoms with van der Waals surface area (Å²) in [6.07, 6.45) is 0.824. The molecule has 5 nitrogen and oxygen atoms in total. The lowest BCUT2D eigenvalue weighted by Gasteiger charge is -2.27. The second-order valence-corrected chi connectivity index (χ2v) is 6.42. The van der Waals surface area contributed by atoms with Gasteiger partial charge < -0.3 is 14.6 Å². The zero-order chi connectivity index (χ0) is 18.4. The third-order valence-corrected chi connectivity index (χ3v) is 4.97. The van der Waals surface area contributed by atoms with E-state index in [1.54, 1.807) is 31.5 Å². The molecule has 0 radical (unpaired) electrons. The Labute approximate surface area is 148 Å². The Morgan fingerprint density at radius 2 is 2.04 bits per heavy atom. The van der Waals surface area contributed by atoms with E-state index >= 15 is 0 Å². The number of nitrogens with zero attached hydrogens (tertiary/aromatic N) is 2. The number of hydrogen-bond donors (Lipinski definition) is 1. The van der Waals surface area contributed by atoms with E-state index in [-0.39, 0.29) is 17.4 Å². The van der Waals surface area contributed by atoms with Crippen molar-refractivity contribution in [3.8, 4) is 0 Å². The van der Waals surface area contributed by atoms with Crippen LogP contribution in [0.1, 0.15) is 18.5 Å². The van der Waals surface area contributed by atoms with Crippen LogP contribution in [0.4, 0.5) is 14.5 Å². The zero-order valence-electron chi connectivity index (χ0n) is 14.2.